The van der Waals surface area contributed by atoms with E-state index in [0.717, 1.165) is 29.6 Å². The van der Waals surface area contributed by atoms with Gasteiger partial charge in [-0.3, -0.25) is 4.99 Å². The van der Waals surface area contributed by atoms with Gasteiger partial charge in [0.2, 0.25) is 0 Å². The molecule has 2 aromatic rings. The van der Waals surface area contributed by atoms with Gasteiger partial charge in [-0.25, -0.2) is 0 Å². The molecule has 0 amide bonds. The van der Waals surface area contributed by atoms with E-state index in [1.807, 2.05) is 18.2 Å². The number of rotatable bonds is 7. The van der Waals surface area contributed by atoms with Crippen molar-refractivity contribution in [2.75, 3.05) is 27.8 Å². The monoisotopic (exact) mass is 347 g/mol. The molecular formula is C18H25N3O2S. The number of hydrogen-bond donors (Lipinski definition) is 2. The zero-order valence-corrected chi connectivity index (χ0v) is 15.4. The first-order chi connectivity index (χ1) is 11.7. The predicted molar refractivity (Wildman–Crippen MR) is 100 cm³/mol. The van der Waals surface area contributed by atoms with Crippen LogP contribution in [-0.4, -0.2) is 33.8 Å². The molecule has 0 spiro atoms. The van der Waals surface area contributed by atoms with Gasteiger partial charge in [0.25, 0.3) is 0 Å². The fourth-order valence-corrected chi connectivity index (χ4v) is 3.10. The van der Waals surface area contributed by atoms with Crippen LogP contribution in [0.2, 0.25) is 0 Å². The third-order valence-corrected chi connectivity index (χ3v) is 4.55. The molecule has 0 bridgehead atoms. The van der Waals surface area contributed by atoms with Crippen molar-refractivity contribution in [3.8, 4) is 11.5 Å². The van der Waals surface area contributed by atoms with E-state index in [0.29, 0.717) is 12.5 Å². The van der Waals surface area contributed by atoms with Crippen molar-refractivity contribution in [1.82, 2.24) is 10.6 Å². The molecule has 2 N–H and O–H groups in total. The second-order valence-corrected chi connectivity index (χ2v) is 6.22. The Morgan fingerprint density at radius 3 is 2.67 bits per heavy atom. The van der Waals surface area contributed by atoms with E-state index < -0.39 is 0 Å². The molecule has 1 unspecified atom stereocenters. The Hall–Kier alpha value is -2.21. The van der Waals surface area contributed by atoms with Crippen molar-refractivity contribution in [3.05, 3.63) is 46.2 Å². The van der Waals surface area contributed by atoms with E-state index in [4.69, 9.17) is 9.47 Å². The van der Waals surface area contributed by atoms with Crippen LogP contribution in [-0.2, 0) is 6.54 Å². The summed E-state index contributed by atoms with van der Waals surface area (Å²) in [7, 11) is 5.08. The van der Waals surface area contributed by atoms with Gasteiger partial charge in [-0.1, -0.05) is 6.92 Å². The minimum absolute atomic E-state index is 0.435. The van der Waals surface area contributed by atoms with Crippen molar-refractivity contribution < 1.29 is 9.47 Å². The summed E-state index contributed by atoms with van der Waals surface area (Å²) in [6, 6.07) is 7.96. The molecule has 1 atom stereocenters. The van der Waals surface area contributed by atoms with Crippen LogP contribution in [0.3, 0.4) is 0 Å². The van der Waals surface area contributed by atoms with Crippen LogP contribution >= 0.6 is 11.3 Å². The maximum absolute atomic E-state index is 5.42. The van der Waals surface area contributed by atoms with Crippen molar-refractivity contribution in [1.29, 1.82) is 0 Å². The molecule has 24 heavy (non-hydrogen) atoms. The molecule has 0 radical (unpaired) electrons. The van der Waals surface area contributed by atoms with E-state index in [9.17, 15) is 0 Å². The van der Waals surface area contributed by atoms with E-state index in [1.165, 1.54) is 5.56 Å². The lowest BCUT2D eigenvalue weighted by Gasteiger charge is -2.16. The summed E-state index contributed by atoms with van der Waals surface area (Å²) in [5.41, 5.74) is 2.40. The Labute approximate surface area is 147 Å². The van der Waals surface area contributed by atoms with Crippen LogP contribution in [0.5, 0.6) is 11.5 Å². The Kier molecular flexibility index (Phi) is 6.93. The number of guanidine groups is 1. The summed E-state index contributed by atoms with van der Waals surface area (Å²) in [5.74, 6) is 2.78. The van der Waals surface area contributed by atoms with E-state index in [1.54, 1.807) is 32.6 Å². The van der Waals surface area contributed by atoms with Crippen LogP contribution in [0.4, 0.5) is 0 Å². The van der Waals surface area contributed by atoms with Gasteiger partial charge in [0, 0.05) is 31.8 Å². The highest BCUT2D eigenvalue weighted by Crippen LogP contribution is 2.24. The number of benzene rings is 1. The molecule has 0 saturated carbocycles. The number of thiophene rings is 1. The van der Waals surface area contributed by atoms with E-state index in [-0.39, 0.29) is 0 Å². The average molecular weight is 347 g/mol. The lowest BCUT2D eigenvalue weighted by Crippen LogP contribution is -2.38. The SMILES string of the molecule is CN=C(NCc1ccc(OC)cc1OC)NCC(C)c1ccsc1. The normalized spacial score (nSPS) is 12.6. The first-order valence-corrected chi connectivity index (χ1v) is 8.79. The Morgan fingerprint density at radius 2 is 2.04 bits per heavy atom. The molecule has 0 aliphatic rings. The highest BCUT2D eigenvalue weighted by molar-refractivity contribution is 7.07. The molecular weight excluding hydrogens is 322 g/mol. The summed E-state index contributed by atoms with van der Waals surface area (Å²) < 4.78 is 10.6. The Bertz CT molecular complexity index is 656. The van der Waals surface area contributed by atoms with Crippen molar-refractivity contribution in [2.24, 2.45) is 4.99 Å². The predicted octanol–water partition coefficient (Wildman–Crippen LogP) is 3.23. The van der Waals surface area contributed by atoms with Crippen LogP contribution < -0.4 is 20.1 Å². The zero-order valence-electron chi connectivity index (χ0n) is 14.6. The van der Waals surface area contributed by atoms with Gasteiger partial charge in [-0.15, -0.1) is 0 Å². The third kappa shape index (κ3) is 4.89. The van der Waals surface area contributed by atoms with Gasteiger partial charge >= 0.3 is 0 Å². The Morgan fingerprint density at radius 1 is 1.21 bits per heavy atom. The number of aliphatic imine (C=N–C) groups is 1. The molecule has 0 aliphatic carbocycles. The maximum Gasteiger partial charge on any atom is 0.191 e. The molecule has 130 valence electrons. The zero-order chi connectivity index (χ0) is 17.4. The minimum Gasteiger partial charge on any atom is -0.497 e. The standard InChI is InChI=1S/C18H25N3O2S/c1-13(15-7-8-24-12-15)10-20-18(19-2)21-11-14-5-6-16(22-3)9-17(14)23-4/h5-9,12-13H,10-11H2,1-4H3,(H2,19,20,21). The number of methoxy groups -OCH3 is 2. The molecule has 0 saturated heterocycles. The molecule has 1 heterocycles. The van der Waals surface area contributed by atoms with Crippen LogP contribution in [0, 0.1) is 0 Å². The second kappa shape index (κ2) is 9.17. The second-order valence-electron chi connectivity index (χ2n) is 5.44. The third-order valence-electron chi connectivity index (χ3n) is 3.85. The van der Waals surface area contributed by atoms with Crippen LogP contribution in [0.15, 0.2) is 40.0 Å². The highest BCUT2D eigenvalue weighted by Gasteiger charge is 2.09. The van der Waals surface area contributed by atoms with Crippen molar-refractivity contribution in [2.45, 2.75) is 19.4 Å². The van der Waals surface area contributed by atoms with Gasteiger partial charge in [0.05, 0.1) is 14.2 Å². The molecule has 1 aromatic heterocycles. The fraction of sp³-hybridized carbons (Fsp3) is 0.389. The number of nitrogens with zero attached hydrogens (tertiary/aromatic N) is 1. The molecule has 5 nitrogen and oxygen atoms in total. The van der Waals surface area contributed by atoms with Crippen LogP contribution in [0.25, 0.3) is 0 Å². The lowest BCUT2D eigenvalue weighted by atomic mass is 10.1. The summed E-state index contributed by atoms with van der Waals surface area (Å²) >= 11 is 1.72. The van der Waals surface area contributed by atoms with Gasteiger partial charge < -0.3 is 20.1 Å². The molecule has 6 heteroatoms. The Balaban J connectivity index is 1.89. The average Bonchev–Trinajstić information content (AvgIpc) is 3.16. The van der Waals surface area contributed by atoms with Crippen molar-refractivity contribution >= 4 is 17.3 Å². The number of nitrogens with one attached hydrogen (secondary N) is 2. The van der Waals surface area contributed by atoms with Crippen LogP contribution in [0.1, 0.15) is 24.0 Å². The molecule has 1 aromatic carbocycles. The topological polar surface area (TPSA) is 54.9 Å². The first kappa shape index (κ1) is 18.1. The molecule has 2 rings (SSSR count). The van der Waals surface area contributed by atoms with E-state index in [2.05, 4.69) is 39.4 Å². The summed E-state index contributed by atoms with van der Waals surface area (Å²) in [4.78, 5) is 4.28. The number of ether oxygens (including phenoxy) is 2. The number of hydrogen-bond acceptors (Lipinski definition) is 4. The van der Waals surface area contributed by atoms with Gasteiger partial charge in [-0.2, -0.15) is 11.3 Å². The summed E-state index contributed by atoms with van der Waals surface area (Å²) in [6.45, 7) is 3.66. The largest absolute Gasteiger partial charge is 0.497 e. The maximum atomic E-state index is 5.42. The van der Waals surface area contributed by atoms with Gasteiger partial charge in [-0.05, 0) is 40.4 Å². The fourth-order valence-electron chi connectivity index (χ4n) is 2.32. The minimum atomic E-state index is 0.435. The smallest absolute Gasteiger partial charge is 0.191 e. The summed E-state index contributed by atoms with van der Waals surface area (Å²) in [5, 5.41) is 11.0. The quantitative estimate of drug-likeness (QED) is 0.596. The summed E-state index contributed by atoms with van der Waals surface area (Å²) in [6.07, 6.45) is 0. The van der Waals surface area contributed by atoms with Gasteiger partial charge in [0.1, 0.15) is 11.5 Å². The van der Waals surface area contributed by atoms with E-state index >= 15 is 0 Å². The van der Waals surface area contributed by atoms with Gasteiger partial charge in [0.15, 0.2) is 5.96 Å². The van der Waals surface area contributed by atoms with Crippen molar-refractivity contribution in [3.63, 3.8) is 0 Å². The highest BCUT2D eigenvalue weighted by atomic mass is 32.1. The first-order valence-electron chi connectivity index (χ1n) is 7.85. The lowest BCUT2D eigenvalue weighted by molar-refractivity contribution is 0.390. The molecule has 0 aliphatic heterocycles. The molecule has 0 fully saturated rings.